The van der Waals surface area contributed by atoms with E-state index in [0.29, 0.717) is 29.5 Å². The summed E-state index contributed by atoms with van der Waals surface area (Å²) in [5, 5.41) is 0. The first kappa shape index (κ1) is 16.8. The molecule has 4 rings (SSSR count). The molecule has 4 aliphatic carbocycles. The fraction of sp³-hybridized carbons (Fsp3) is 0.609. The molecule has 132 valence electrons. The first-order chi connectivity index (χ1) is 12.0. The summed E-state index contributed by atoms with van der Waals surface area (Å²) >= 11 is 0. The highest BCUT2D eigenvalue weighted by atomic mass is 16.1. The monoisotopic (exact) mass is 336 g/mol. The van der Waals surface area contributed by atoms with Crippen LogP contribution >= 0.6 is 0 Å². The molecule has 0 aromatic rings. The molecule has 4 aliphatic rings. The minimum absolute atomic E-state index is 0.0740. The van der Waals surface area contributed by atoms with Crippen LogP contribution in [0.5, 0.6) is 0 Å². The van der Waals surface area contributed by atoms with Gasteiger partial charge in [0, 0.05) is 17.3 Å². The molecule has 0 aromatic heterocycles. The van der Waals surface area contributed by atoms with Gasteiger partial charge in [0.15, 0.2) is 5.78 Å². The highest BCUT2D eigenvalue weighted by molar-refractivity contribution is 6.01. The minimum Gasteiger partial charge on any atom is -0.299 e. The lowest BCUT2D eigenvalue weighted by Crippen LogP contribution is -2.52. The molecule has 0 aliphatic heterocycles. The van der Waals surface area contributed by atoms with Gasteiger partial charge in [0.2, 0.25) is 0 Å². The van der Waals surface area contributed by atoms with E-state index < -0.39 is 0 Å². The van der Waals surface area contributed by atoms with Gasteiger partial charge in [0.05, 0.1) is 0 Å². The second-order valence-electron chi connectivity index (χ2n) is 8.64. The van der Waals surface area contributed by atoms with E-state index >= 15 is 0 Å². The van der Waals surface area contributed by atoms with Gasteiger partial charge in [-0.2, -0.15) is 0 Å². The molecular weight excluding hydrogens is 308 g/mol. The summed E-state index contributed by atoms with van der Waals surface area (Å²) in [5.74, 6) is 2.49. The first-order valence-corrected chi connectivity index (χ1v) is 9.84. The van der Waals surface area contributed by atoms with E-state index in [1.165, 1.54) is 5.57 Å². The fourth-order valence-electron chi connectivity index (χ4n) is 6.92. The molecule has 3 fully saturated rings. The Morgan fingerprint density at radius 1 is 1.32 bits per heavy atom. The smallest absolute Gasteiger partial charge is 0.178 e. The van der Waals surface area contributed by atoms with Crippen LogP contribution in [0.3, 0.4) is 0 Å². The van der Waals surface area contributed by atoms with Gasteiger partial charge < -0.3 is 0 Å². The van der Waals surface area contributed by atoms with Crippen LogP contribution in [0.4, 0.5) is 0 Å². The van der Waals surface area contributed by atoms with Crippen LogP contribution in [0.15, 0.2) is 42.2 Å². The maximum absolute atomic E-state index is 12.7. The zero-order chi connectivity index (χ0) is 17.8. The van der Waals surface area contributed by atoms with Crippen molar-refractivity contribution in [3.05, 3.63) is 42.2 Å². The molecule has 2 nitrogen and oxygen atoms in total. The molecule has 3 saturated carbocycles. The number of ketones is 2. The molecule has 0 heterocycles. The van der Waals surface area contributed by atoms with Gasteiger partial charge in [-0.1, -0.05) is 26.5 Å². The van der Waals surface area contributed by atoms with Crippen molar-refractivity contribution in [2.75, 3.05) is 0 Å². The van der Waals surface area contributed by atoms with Crippen LogP contribution in [0, 0.1) is 34.5 Å². The summed E-state index contributed by atoms with van der Waals surface area (Å²) in [6.07, 6.45) is 13.8. The first-order valence-electron chi connectivity index (χ1n) is 9.84. The van der Waals surface area contributed by atoms with Crippen LogP contribution < -0.4 is 0 Å². The van der Waals surface area contributed by atoms with Gasteiger partial charge in [0.1, 0.15) is 5.78 Å². The number of allylic oxidation sites excluding steroid dienone is 5. The quantitative estimate of drug-likeness (QED) is 0.677. The highest BCUT2D eigenvalue weighted by Gasteiger charge is 2.61. The Bertz CT molecular complexity index is 735. The molecule has 2 heteroatoms. The van der Waals surface area contributed by atoms with E-state index in [1.807, 2.05) is 6.08 Å². The summed E-state index contributed by atoms with van der Waals surface area (Å²) in [5.41, 5.74) is 3.99. The molecule has 0 amide bonds. The maximum Gasteiger partial charge on any atom is 0.178 e. The van der Waals surface area contributed by atoms with Gasteiger partial charge >= 0.3 is 0 Å². The van der Waals surface area contributed by atoms with Crippen molar-refractivity contribution in [2.45, 2.75) is 52.4 Å². The molecule has 0 N–H and O–H groups in total. The average Bonchev–Trinajstić information content (AvgIpc) is 2.94. The Labute approximate surface area is 150 Å². The van der Waals surface area contributed by atoms with Crippen LogP contribution in [0.1, 0.15) is 52.4 Å². The van der Waals surface area contributed by atoms with E-state index in [1.54, 1.807) is 6.08 Å². The van der Waals surface area contributed by atoms with Crippen molar-refractivity contribution in [1.82, 2.24) is 0 Å². The third-order valence-electron chi connectivity index (χ3n) is 7.95. The van der Waals surface area contributed by atoms with Crippen molar-refractivity contribution in [3.8, 4) is 0 Å². The largest absolute Gasteiger partial charge is 0.299 e. The summed E-state index contributed by atoms with van der Waals surface area (Å²) in [7, 11) is 0. The normalized spacial score (nSPS) is 45.1. The van der Waals surface area contributed by atoms with Crippen molar-refractivity contribution in [3.63, 3.8) is 0 Å². The fourth-order valence-corrected chi connectivity index (χ4v) is 6.92. The van der Waals surface area contributed by atoms with E-state index in [-0.39, 0.29) is 16.6 Å². The van der Waals surface area contributed by atoms with Crippen molar-refractivity contribution < 1.29 is 9.59 Å². The van der Waals surface area contributed by atoms with E-state index in [2.05, 4.69) is 38.3 Å². The van der Waals surface area contributed by atoms with Crippen LogP contribution in [0.2, 0.25) is 0 Å². The maximum atomic E-state index is 12.7. The second-order valence-corrected chi connectivity index (χ2v) is 8.64. The molecule has 0 radical (unpaired) electrons. The third kappa shape index (κ3) is 2.10. The summed E-state index contributed by atoms with van der Waals surface area (Å²) < 4.78 is 0. The van der Waals surface area contributed by atoms with Gasteiger partial charge in [-0.3, -0.25) is 9.59 Å². The Hall–Kier alpha value is -1.66. The van der Waals surface area contributed by atoms with Gasteiger partial charge in [0.25, 0.3) is 0 Å². The predicted molar refractivity (Wildman–Crippen MR) is 98.8 cm³/mol. The number of fused-ring (bicyclic) bond motifs is 5. The molecule has 0 aromatic carbocycles. The topological polar surface area (TPSA) is 34.1 Å². The minimum atomic E-state index is -0.219. The van der Waals surface area contributed by atoms with Gasteiger partial charge in [-0.05, 0) is 79.6 Å². The lowest BCUT2D eigenvalue weighted by molar-refractivity contribution is -0.133. The molecule has 0 spiro atoms. The molecule has 0 bridgehead atoms. The average molecular weight is 336 g/mol. The Morgan fingerprint density at radius 2 is 2.12 bits per heavy atom. The number of hydrogen-bond donors (Lipinski definition) is 0. The Morgan fingerprint density at radius 3 is 2.84 bits per heavy atom. The Kier molecular flexibility index (Phi) is 3.81. The van der Waals surface area contributed by atoms with E-state index in [9.17, 15) is 9.59 Å². The highest BCUT2D eigenvalue weighted by Crippen LogP contribution is 2.65. The summed E-state index contributed by atoms with van der Waals surface area (Å²) in [4.78, 5) is 24.8. The van der Waals surface area contributed by atoms with Gasteiger partial charge in [-0.15, -0.1) is 5.73 Å². The third-order valence-corrected chi connectivity index (χ3v) is 7.95. The number of Topliss-reactive ketones (excluding diaryl/α,β-unsaturated/α-hetero) is 1. The standard InChI is InChI=1S/C23H28O2/c1-4-10-23-11-8-16(24)14-20(23)15(3)13-17-18-6-7-21(25)22(18,5-2)12-9-19(17)23/h8,10-11,14-15,17-19H,1,5-7,9,12-13H2,2-3H3/t15-,17-,18-,19-,22-,23+/m0/s1. The second kappa shape index (κ2) is 5.68. The summed E-state index contributed by atoms with van der Waals surface area (Å²) in [6, 6.07) is 0. The van der Waals surface area contributed by atoms with Crippen molar-refractivity contribution >= 4 is 11.6 Å². The Balaban J connectivity index is 1.82. The molecule has 0 unspecified atom stereocenters. The molecule has 6 atom stereocenters. The molecular formula is C23H28O2. The number of hydrogen-bond acceptors (Lipinski definition) is 2. The molecule has 0 saturated heterocycles. The summed E-state index contributed by atoms with van der Waals surface area (Å²) in [6.45, 7) is 8.30. The van der Waals surface area contributed by atoms with E-state index in [4.69, 9.17) is 0 Å². The van der Waals surface area contributed by atoms with Crippen LogP contribution in [-0.4, -0.2) is 11.6 Å². The van der Waals surface area contributed by atoms with Crippen molar-refractivity contribution in [2.24, 2.45) is 34.5 Å². The van der Waals surface area contributed by atoms with Crippen molar-refractivity contribution in [1.29, 1.82) is 0 Å². The van der Waals surface area contributed by atoms with Gasteiger partial charge in [-0.25, -0.2) is 0 Å². The zero-order valence-corrected chi connectivity index (χ0v) is 15.4. The lowest BCUT2D eigenvalue weighted by atomic mass is 9.45. The van der Waals surface area contributed by atoms with E-state index in [0.717, 1.165) is 38.5 Å². The predicted octanol–water partition coefficient (Wildman–Crippen LogP) is 4.82. The zero-order valence-electron chi connectivity index (χ0n) is 15.4. The van der Waals surface area contributed by atoms with Crippen LogP contribution in [-0.2, 0) is 9.59 Å². The lowest BCUT2D eigenvalue weighted by Gasteiger charge is -2.57. The van der Waals surface area contributed by atoms with Crippen LogP contribution in [0.25, 0.3) is 0 Å². The number of carbonyl (C=O) groups is 2. The number of rotatable bonds is 2. The SMILES string of the molecule is C=C=C[C@]12C=CC(=O)C=C1[C@@H](C)C[C@@H]1[C@@H]2CC[C@]2(CC)C(=O)CC[C@@H]12. The number of carbonyl (C=O) groups excluding carboxylic acids is 2. The molecule has 25 heavy (non-hydrogen) atoms.